The van der Waals surface area contributed by atoms with Crippen LogP contribution in [0.5, 0.6) is 0 Å². The van der Waals surface area contributed by atoms with Crippen molar-refractivity contribution in [2.45, 2.75) is 19.3 Å². The summed E-state index contributed by atoms with van der Waals surface area (Å²) in [6, 6.07) is 7.87. The van der Waals surface area contributed by atoms with Crippen molar-refractivity contribution in [3.05, 3.63) is 57.5 Å². The van der Waals surface area contributed by atoms with Crippen LogP contribution in [0.2, 0.25) is 5.15 Å². The average Bonchev–Trinajstić information content (AvgIpc) is 2.33. The first kappa shape index (κ1) is 12.5. The van der Waals surface area contributed by atoms with Crippen LogP contribution < -0.4 is 0 Å². The Labute approximate surface area is 114 Å². The highest BCUT2D eigenvalue weighted by atomic mass is 79.9. The zero-order valence-electron chi connectivity index (χ0n) is 9.40. The van der Waals surface area contributed by atoms with Crippen LogP contribution in [-0.2, 0) is 6.42 Å². The molecule has 88 valence electrons. The van der Waals surface area contributed by atoms with Crippen LogP contribution >= 0.6 is 27.5 Å². The summed E-state index contributed by atoms with van der Waals surface area (Å²) in [7, 11) is 0. The fourth-order valence-corrected chi connectivity index (χ4v) is 2.22. The fraction of sp³-hybridized carbons (Fsp3) is 0.231. The Hall–Kier alpha value is -0.930. The molecule has 0 fully saturated rings. The topological polar surface area (TPSA) is 25.8 Å². The summed E-state index contributed by atoms with van der Waals surface area (Å²) in [4.78, 5) is 8.32. The number of aromatic nitrogens is 2. The third kappa shape index (κ3) is 3.27. The minimum absolute atomic E-state index is 0.389. The molecule has 0 N–H and O–H groups in total. The second kappa shape index (κ2) is 5.61. The molecule has 0 aliphatic rings. The number of pyridine rings is 2. The van der Waals surface area contributed by atoms with Gasteiger partial charge < -0.3 is 0 Å². The summed E-state index contributed by atoms with van der Waals surface area (Å²) in [5, 5.41) is 0.531. The molecule has 0 aliphatic carbocycles. The lowest BCUT2D eigenvalue weighted by Crippen LogP contribution is -2.00. The summed E-state index contributed by atoms with van der Waals surface area (Å²) in [6.07, 6.45) is 4.54. The van der Waals surface area contributed by atoms with E-state index < -0.39 is 0 Å². The van der Waals surface area contributed by atoms with E-state index in [9.17, 15) is 0 Å². The largest absolute Gasteiger partial charge is 0.249 e. The van der Waals surface area contributed by atoms with Crippen LogP contribution in [0.15, 0.2) is 41.3 Å². The molecule has 17 heavy (non-hydrogen) atoms. The summed E-state index contributed by atoms with van der Waals surface area (Å²) >= 11 is 9.23. The van der Waals surface area contributed by atoms with Gasteiger partial charge in [-0.2, -0.15) is 0 Å². The molecule has 0 aliphatic heterocycles. The first-order valence-electron chi connectivity index (χ1n) is 5.37. The molecule has 0 amide bonds. The lowest BCUT2D eigenvalue weighted by molar-refractivity contribution is 0.748. The molecule has 1 atom stereocenters. The second-order valence-corrected chi connectivity index (χ2v) is 5.11. The van der Waals surface area contributed by atoms with Crippen LogP contribution in [0.25, 0.3) is 0 Å². The van der Waals surface area contributed by atoms with Gasteiger partial charge in [0.15, 0.2) is 0 Å². The molecule has 2 aromatic rings. The maximum atomic E-state index is 5.77. The molecule has 0 saturated heterocycles. The Bertz CT molecular complexity index is 499. The zero-order chi connectivity index (χ0) is 12.3. The molecular weight excluding hydrogens is 300 g/mol. The van der Waals surface area contributed by atoms with Crippen LogP contribution in [0.1, 0.15) is 24.0 Å². The standard InChI is InChI=1S/C13H12BrClN2/c1-9(11-4-5-12(15)17-8-11)7-10-3-2-6-16-13(10)14/h2-6,8-9H,7H2,1H3. The second-order valence-electron chi connectivity index (χ2n) is 3.97. The summed E-state index contributed by atoms with van der Waals surface area (Å²) in [5.41, 5.74) is 2.39. The van der Waals surface area contributed by atoms with E-state index in [1.54, 1.807) is 6.20 Å². The number of hydrogen-bond acceptors (Lipinski definition) is 2. The zero-order valence-corrected chi connectivity index (χ0v) is 11.7. The van der Waals surface area contributed by atoms with Gasteiger partial charge in [0.25, 0.3) is 0 Å². The fourth-order valence-electron chi connectivity index (χ4n) is 1.70. The van der Waals surface area contributed by atoms with Gasteiger partial charge in [0.05, 0.1) is 0 Å². The Morgan fingerprint density at radius 2 is 2.12 bits per heavy atom. The van der Waals surface area contributed by atoms with E-state index in [0.717, 1.165) is 11.0 Å². The number of halogens is 2. The van der Waals surface area contributed by atoms with Crippen LogP contribution in [-0.4, -0.2) is 9.97 Å². The van der Waals surface area contributed by atoms with Gasteiger partial charge in [0, 0.05) is 12.4 Å². The van der Waals surface area contributed by atoms with E-state index in [2.05, 4.69) is 38.9 Å². The summed E-state index contributed by atoms with van der Waals surface area (Å²) < 4.78 is 0.911. The van der Waals surface area contributed by atoms with Crippen molar-refractivity contribution in [3.63, 3.8) is 0 Å². The van der Waals surface area contributed by atoms with Crippen LogP contribution in [0, 0.1) is 0 Å². The van der Waals surface area contributed by atoms with Crippen molar-refractivity contribution in [2.75, 3.05) is 0 Å². The lowest BCUT2D eigenvalue weighted by Gasteiger charge is -2.12. The Morgan fingerprint density at radius 3 is 2.76 bits per heavy atom. The smallest absolute Gasteiger partial charge is 0.129 e. The first-order valence-corrected chi connectivity index (χ1v) is 6.55. The van der Waals surface area contributed by atoms with Crippen molar-refractivity contribution in [3.8, 4) is 0 Å². The minimum atomic E-state index is 0.389. The van der Waals surface area contributed by atoms with Gasteiger partial charge in [-0.05, 0) is 51.5 Å². The summed E-state index contributed by atoms with van der Waals surface area (Å²) in [6.45, 7) is 2.17. The van der Waals surface area contributed by atoms with E-state index >= 15 is 0 Å². The molecule has 0 aromatic carbocycles. The van der Waals surface area contributed by atoms with E-state index in [1.165, 1.54) is 11.1 Å². The number of nitrogens with zero attached hydrogens (tertiary/aromatic N) is 2. The minimum Gasteiger partial charge on any atom is -0.249 e. The maximum Gasteiger partial charge on any atom is 0.129 e. The van der Waals surface area contributed by atoms with Gasteiger partial charge in [-0.3, -0.25) is 0 Å². The van der Waals surface area contributed by atoms with E-state index in [1.807, 2.05) is 24.4 Å². The van der Waals surface area contributed by atoms with Crippen molar-refractivity contribution < 1.29 is 0 Å². The Kier molecular flexibility index (Phi) is 4.13. The van der Waals surface area contributed by atoms with E-state index in [4.69, 9.17) is 11.6 Å². The lowest BCUT2D eigenvalue weighted by atomic mass is 9.96. The summed E-state index contributed by atoms with van der Waals surface area (Å²) in [5.74, 6) is 0.389. The van der Waals surface area contributed by atoms with Gasteiger partial charge in [-0.15, -0.1) is 0 Å². The molecule has 0 saturated carbocycles. The highest BCUT2D eigenvalue weighted by molar-refractivity contribution is 9.10. The monoisotopic (exact) mass is 310 g/mol. The first-order chi connectivity index (χ1) is 8.16. The third-order valence-corrected chi connectivity index (χ3v) is 3.62. The predicted octanol–water partition coefficient (Wildman–Crippen LogP) is 4.24. The molecule has 0 spiro atoms. The molecule has 0 radical (unpaired) electrons. The average molecular weight is 312 g/mol. The molecule has 2 aromatic heterocycles. The highest BCUT2D eigenvalue weighted by Gasteiger charge is 2.09. The van der Waals surface area contributed by atoms with Crippen molar-refractivity contribution in [2.24, 2.45) is 0 Å². The molecule has 1 unspecified atom stereocenters. The molecule has 4 heteroatoms. The Balaban J connectivity index is 2.14. The van der Waals surface area contributed by atoms with Crippen LogP contribution in [0.4, 0.5) is 0 Å². The van der Waals surface area contributed by atoms with Gasteiger partial charge >= 0.3 is 0 Å². The maximum absolute atomic E-state index is 5.77. The van der Waals surface area contributed by atoms with E-state index in [0.29, 0.717) is 11.1 Å². The van der Waals surface area contributed by atoms with Crippen molar-refractivity contribution >= 4 is 27.5 Å². The van der Waals surface area contributed by atoms with E-state index in [-0.39, 0.29) is 0 Å². The molecule has 0 bridgehead atoms. The molecule has 2 rings (SSSR count). The Morgan fingerprint density at radius 1 is 1.29 bits per heavy atom. The van der Waals surface area contributed by atoms with Gasteiger partial charge in [-0.1, -0.05) is 30.7 Å². The third-order valence-electron chi connectivity index (χ3n) is 2.68. The molecule has 2 nitrogen and oxygen atoms in total. The molecule has 2 heterocycles. The predicted molar refractivity (Wildman–Crippen MR) is 73.3 cm³/mol. The number of hydrogen-bond donors (Lipinski definition) is 0. The highest BCUT2D eigenvalue weighted by Crippen LogP contribution is 2.23. The SMILES string of the molecule is CC(Cc1cccnc1Br)c1ccc(Cl)nc1. The van der Waals surface area contributed by atoms with Crippen LogP contribution in [0.3, 0.4) is 0 Å². The number of rotatable bonds is 3. The van der Waals surface area contributed by atoms with Crippen molar-refractivity contribution in [1.82, 2.24) is 9.97 Å². The normalized spacial score (nSPS) is 12.4. The van der Waals surface area contributed by atoms with Gasteiger partial charge in [0.1, 0.15) is 9.76 Å². The quantitative estimate of drug-likeness (QED) is 0.792. The van der Waals surface area contributed by atoms with Gasteiger partial charge in [-0.25, -0.2) is 9.97 Å². The molecular formula is C13H12BrClN2. The van der Waals surface area contributed by atoms with Gasteiger partial charge in [0.2, 0.25) is 0 Å². The van der Waals surface area contributed by atoms with Crippen molar-refractivity contribution in [1.29, 1.82) is 0 Å².